The maximum Gasteiger partial charge on any atom is 0.338 e. The van der Waals surface area contributed by atoms with E-state index in [-0.39, 0.29) is 30.4 Å². The number of benzene rings is 2. The van der Waals surface area contributed by atoms with Gasteiger partial charge in [0, 0.05) is 19.5 Å². The lowest BCUT2D eigenvalue weighted by molar-refractivity contribution is -0.139. The molecule has 35 heavy (non-hydrogen) atoms. The number of hydrogen-bond acceptors (Lipinski definition) is 6. The van der Waals surface area contributed by atoms with E-state index in [0.29, 0.717) is 30.6 Å². The van der Waals surface area contributed by atoms with Crippen LogP contribution in [0.5, 0.6) is 0 Å². The van der Waals surface area contributed by atoms with E-state index in [9.17, 15) is 19.2 Å². The van der Waals surface area contributed by atoms with Gasteiger partial charge in [-0.3, -0.25) is 4.79 Å². The molecule has 2 heterocycles. The average molecular weight is 478 g/mol. The smallest absolute Gasteiger partial charge is 0.338 e. The zero-order valence-corrected chi connectivity index (χ0v) is 19.4. The first-order valence-corrected chi connectivity index (χ1v) is 11.5. The van der Waals surface area contributed by atoms with Gasteiger partial charge in [-0.15, -0.1) is 0 Å². The Kier molecular flexibility index (Phi) is 7.45. The van der Waals surface area contributed by atoms with Crippen molar-refractivity contribution < 1.29 is 28.7 Å². The number of esters is 2. The molecule has 0 radical (unpaired) electrons. The van der Waals surface area contributed by atoms with Crippen molar-refractivity contribution in [2.45, 2.75) is 32.4 Å². The van der Waals surface area contributed by atoms with Gasteiger partial charge in [-0.2, -0.15) is 0 Å². The van der Waals surface area contributed by atoms with E-state index >= 15 is 0 Å². The zero-order valence-electron chi connectivity index (χ0n) is 19.4. The van der Waals surface area contributed by atoms with E-state index in [2.05, 4.69) is 10.6 Å². The Hall–Kier alpha value is -4.14. The first-order chi connectivity index (χ1) is 17.0. The summed E-state index contributed by atoms with van der Waals surface area (Å²) in [6, 6.07) is 14.6. The molecular weight excluding hydrogens is 450 g/mol. The van der Waals surface area contributed by atoms with Crippen LogP contribution in [0.3, 0.4) is 0 Å². The number of amides is 3. The summed E-state index contributed by atoms with van der Waals surface area (Å²) in [5.74, 6) is -1.12. The van der Waals surface area contributed by atoms with Crippen molar-refractivity contribution in [2.75, 3.05) is 19.8 Å². The van der Waals surface area contributed by atoms with Crippen LogP contribution >= 0.6 is 0 Å². The fourth-order valence-corrected chi connectivity index (χ4v) is 4.19. The van der Waals surface area contributed by atoms with Crippen LogP contribution in [0.2, 0.25) is 0 Å². The summed E-state index contributed by atoms with van der Waals surface area (Å²) in [6.07, 6.45) is 1.38. The van der Waals surface area contributed by atoms with Crippen LogP contribution in [0, 0.1) is 0 Å². The van der Waals surface area contributed by atoms with Gasteiger partial charge < -0.3 is 25.0 Å². The molecule has 2 aliphatic rings. The Morgan fingerprint density at radius 3 is 2.54 bits per heavy atom. The SMILES string of the molecule is CCOC(=O)C1=C(COC(=O)c2cccc(CN3CCCC3=O)c2)NC(=O)NC1c1ccccc1. The molecular formula is C26H27N3O6. The molecule has 2 N–H and O–H groups in total. The molecule has 0 saturated carbocycles. The third-order valence-electron chi connectivity index (χ3n) is 5.84. The maximum absolute atomic E-state index is 12.8. The zero-order chi connectivity index (χ0) is 24.8. The minimum atomic E-state index is -0.751. The molecule has 2 aromatic rings. The lowest BCUT2D eigenvalue weighted by Gasteiger charge is -2.29. The van der Waals surface area contributed by atoms with E-state index in [1.165, 1.54) is 0 Å². The van der Waals surface area contributed by atoms with Gasteiger partial charge in [-0.25, -0.2) is 14.4 Å². The monoisotopic (exact) mass is 477 g/mol. The van der Waals surface area contributed by atoms with Crippen molar-refractivity contribution in [1.82, 2.24) is 15.5 Å². The molecule has 3 amide bonds. The summed E-state index contributed by atoms with van der Waals surface area (Å²) in [5.41, 5.74) is 2.16. The van der Waals surface area contributed by atoms with Gasteiger partial charge in [0.05, 0.1) is 29.5 Å². The lowest BCUT2D eigenvalue weighted by Crippen LogP contribution is -2.47. The van der Waals surface area contributed by atoms with Gasteiger partial charge >= 0.3 is 18.0 Å². The molecule has 9 nitrogen and oxygen atoms in total. The van der Waals surface area contributed by atoms with Gasteiger partial charge in [0.25, 0.3) is 0 Å². The summed E-state index contributed by atoms with van der Waals surface area (Å²) < 4.78 is 10.7. The predicted octanol–water partition coefficient (Wildman–Crippen LogP) is 2.84. The standard InChI is InChI=1S/C26H27N3O6/c1-2-34-25(32)22-20(27-26(33)28-23(22)18-9-4-3-5-10-18)16-35-24(31)19-11-6-8-17(14-19)15-29-13-7-12-21(29)30/h3-6,8-11,14,23H,2,7,12-13,15-16H2,1H3,(H2,27,28,33). The number of nitrogens with one attached hydrogen (secondary N) is 2. The number of carbonyl (C=O) groups excluding carboxylic acids is 4. The van der Waals surface area contributed by atoms with Crippen molar-refractivity contribution in [1.29, 1.82) is 0 Å². The summed E-state index contributed by atoms with van der Waals surface area (Å²) in [4.78, 5) is 51.6. The molecule has 9 heteroatoms. The maximum atomic E-state index is 12.8. The normalized spacial score (nSPS) is 17.6. The molecule has 0 spiro atoms. The van der Waals surface area contributed by atoms with Crippen molar-refractivity contribution in [3.63, 3.8) is 0 Å². The molecule has 182 valence electrons. The van der Waals surface area contributed by atoms with Crippen molar-refractivity contribution in [3.8, 4) is 0 Å². The number of hydrogen-bond donors (Lipinski definition) is 2. The van der Waals surface area contributed by atoms with Crippen LogP contribution in [-0.4, -0.2) is 48.5 Å². The topological polar surface area (TPSA) is 114 Å². The van der Waals surface area contributed by atoms with Gasteiger partial charge in [-0.1, -0.05) is 42.5 Å². The van der Waals surface area contributed by atoms with E-state index in [1.54, 1.807) is 54.3 Å². The molecule has 0 aromatic heterocycles. The summed E-state index contributed by atoms with van der Waals surface area (Å²) in [6.45, 7) is 2.65. The Balaban J connectivity index is 1.53. The van der Waals surface area contributed by atoms with Gasteiger partial charge in [0.1, 0.15) is 6.61 Å². The third kappa shape index (κ3) is 5.68. The van der Waals surface area contributed by atoms with Crippen LogP contribution in [0.25, 0.3) is 0 Å². The number of likely N-dealkylation sites (tertiary alicyclic amines) is 1. The van der Waals surface area contributed by atoms with Gasteiger partial charge in [0.2, 0.25) is 5.91 Å². The second-order valence-corrected chi connectivity index (χ2v) is 8.25. The first kappa shape index (κ1) is 24.0. The van der Waals surface area contributed by atoms with E-state index in [1.807, 2.05) is 12.1 Å². The van der Waals surface area contributed by atoms with Crippen molar-refractivity contribution >= 4 is 23.9 Å². The Morgan fingerprint density at radius 2 is 1.83 bits per heavy atom. The first-order valence-electron chi connectivity index (χ1n) is 11.5. The largest absolute Gasteiger partial charge is 0.463 e. The highest BCUT2D eigenvalue weighted by molar-refractivity contribution is 5.95. The van der Waals surface area contributed by atoms with Crippen LogP contribution in [0.4, 0.5) is 4.79 Å². The highest BCUT2D eigenvalue weighted by Crippen LogP contribution is 2.28. The number of nitrogens with zero attached hydrogens (tertiary/aromatic N) is 1. The van der Waals surface area contributed by atoms with Crippen molar-refractivity contribution in [3.05, 3.63) is 82.6 Å². The van der Waals surface area contributed by atoms with Gasteiger partial charge in [0.15, 0.2) is 0 Å². The quantitative estimate of drug-likeness (QED) is 0.565. The van der Waals surface area contributed by atoms with E-state index in [4.69, 9.17) is 9.47 Å². The fraction of sp³-hybridized carbons (Fsp3) is 0.308. The Morgan fingerprint density at radius 1 is 1.03 bits per heavy atom. The highest BCUT2D eigenvalue weighted by Gasteiger charge is 2.34. The lowest BCUT2D eigenvalue weighted by atomic mass is 9.95. The minimum absolute atomic E-state index is 0.103. The number of urea groups is 1. The second kappa shape index (κ2) is 10.9. The molecule has 2 aliphatic heterocycles. The van der Waals surface area contributed by atoms with E-state index in [0.717, 1.165) is 12.0 Å². The van der Waals surface area contributed by atoms with Crippen LogP contribution < -0.4 is 10.6 Å². The Labute approximate surface area is 203 Å². The third-order valence-corrected chi connectivity index (χ3v) is 5.84. The molecule has 1 unspecified atom stereocenters. The number of carbonyl (C=O) groups is 4. The molecule has 0 bridgehead atoms. The van der Waals surface area contributed by atoms with Crippen LogP contribution in [-0.2, 0) is 25.6 Å². The summed E-state index contributed by atoms with van der Waals surface area (Å²) in [7, 11) is 0. The fourth-order valence-electron chi connectivity index (χ4n) is 4.19. The van der Waals surface area contributed by atoms with Crippen LogP contribution in [0.1, 0.15) is 47.3 Å². The Bertz CT molecular complexity index is 1160. The highest BCUT2D eigenvalue weighted by atomic mass is 16.5. The van der Waals surface area contributed by atoms with Crippen molar-refractivity contribution in [2.24, 2.45) is 0 Å². The average Bonchev–Trinajstić information content (AvgIpc) is 3.27. The van der Waals surface area contributed by atoms with E-state index < -0.39 is 24.0 Å². The van der Waals surface area contributed by atoms with Crippen LogP contribution in [0.15, 0.2) is 65.9 Å². The number of ether oxygens (including phenoxy) is 2. The van der Waals surface area contributed by atoms with Gasteiger partial charge in [-0.05, 0) is 36.6 Å². The molecule has 0 aliphatic carbocycles. The molecule has 1 saturated heterocycles. The molecule has 1 fully saturated rings. The second-order valence-electron chi connectivity index (χ2n) is 8.25. The molecule has 4 rings (SSSR count). The summed E-state index contributed by atoms with van der Waals surface area (Å²) in [5, 5.41) is 5.32. The summed E-state index contributed by atoms with van der Waals surface area (Å²) >= 11 is 0. The molecule has 2 aromatic carbocycles. The predicted molar refractivity (Wildman–Crippen MR) is 126 cm³/mol. The number of rotatable bonds is 8. The molecule has 1 atom stereocenters. The minimum Gasteiger partial charge on any atom is -0.463 e.